The Bertz CT molecular complexity index is 1190. The van der Waals surface area contributed by atoms with Crippen molar-refractivity contribution in [1.82, 2.24) is 9.80 Å². The first-order valence-corrected chi connectivity index (χ1v) is 10.4. The molecule has 1 aliphatic rings. The van der Waals surface area contributed by atoms with Crippen LogP contribution in [0.1, 0.15) is 44.7 Å². The lowest BCUT2D eigenvalue weighted by Crippen LogP contribution is -2.41. The molecule has 33 heavy (non-hydrogen) atoms. The van der Waals surface area contributed by atoms with Crippen molar-refractivity contribution in [2.75, 3.05) is 13.6 Å². The molecule has 0 atom stereocenters. The third-order valence-electron chi connectivity index (χ3n) is 5.75. The van der Waals surface area contributed by atoms with Gasteiger partial charge in [-0.2, -0.15) is 13.2 Å². The fraction of sp³-hybridized carbons (Fsp3) is 0.240. The van der Waals surface area contributed by atoms with Crippen LogP contribution in [0.15, 0.2) is 60.7 Å². The molecule has 170 valence electrons. The monoisotopic (exact) mass is 454 g/mol. The number of hydrogen-bond donors (Lipinski definition) is 0. The number of benzene rings is 3. The number of rotatable bonds is 6. The van der Waals surface area contributed by atoms with E-state index in [2.05, 4.69) is 0 Å². The number of imide groups is 1. The molecule has 1 heterocycles. The Morgan fingerprint density at radius 1 is 0.909 bits per heavy atom. The average molecular weight is 454 g/mol. The molecule has 4 rings (SSSR count). The zero-order valence-corrected chi connectivity index (χ0v) is 17.9. The normalized spacial score (nSPS) is 13.5. The van der Waals surface area contributed by atoms with E-state index in [1.807, 2.05) is 12.1 Å². The van der Waals surface area contributed by atoms with Crippen LogP contribution in [0.2, 0.25) is 0 Å². The first kappa shape index (κ1) is 22.5. The van der Waals surface area contributed by atoms with Gasteiger partial charge in [-0.25, -0.2) is 0 Å². The van der Waals surface area contributed by atoms with Gasteiger partial charge in [-0.05, 0) is 41.6 Å². The lowest BCUT2D eigenvalue weighted by Gasteiger charge is -2.27. The second-order valence-corrected chi connectivity index (χ2v) is 8.02. The number of carbonyl (C=O) groups excluding carboxylic acids is 3. The molecule has 0 radical (unpaired) electrons. The lowest BCUT2D eigenvalue weighted by molar-refractivity contribution is -0.137. The van der Waals surface area contributed by atoms with Gasteiger partial charge >= 0.3 is 6.18 Å². The fourth-order valence-corrected chi connectivity index (χ4v) is 4.02. The van der Waals surface area contributed by atoms with Gasteiger partial charge in [0.15, 0.2) is 0 Å². The predicted molar refractivity (Wildman–Crippen MR) is 116 cm³/mol. The van der Waals surface area contributed by atoms with Gasteiger partial charge in [0, 0.05) is 43.1 Å². The third kappa shape index (κ3) is 4.46. The summed E-state index contributed by atoms with van der Waals surface area (Å²) in [5.74, 6) is -0.987. The highest BCUT2D eigenvalue weighted by Gasteiger charge is 2.32. The summed E-state index contributed by atoms with van der Waals surface area (Å²) in [6.07, 6.45) is -4.03. The summed E-state index contributed by atoms with van der Waals surface area (Å²) in [5, 5.41) is 1.48. The van der Waals surface area contributed by atoms with E-state index in [1.165, 1.54) is 21.9 Å². The molecule has 0 saturated carbocycles. The third-order valence-corrected chi connectivity index (χ3v) is 5.75. The lowest BCUT2D eigenvalue weighted by atomic mass is 9.94. The molecule has 0 unspecified atom stereocenters. The largest absolute Gasteiger partial charge is 0.416 e. The van der Waals surface area contributed by atoms with Crippen molar-refractivity contribution in [2.24, 2.45) is 0 Å². The number of hydrogen-bond acceptors (Lipinski definition) is 3. The van der Waals surface area contributed by atoms with E-state index in [-0.39, 0.29) is 43.7 Å². The van der Waals surface area contributed by atoms with E-state index in [0.29, 0.717) is 22.1 Å². The topological polar surface area (TPSA) is 57.7 Å². The molecule has 3 aromatic carbocycles. The molecule has 3 aromatic rings. The average Bonchev–Trinajstić information content (AvgIpc) is 2.79. The molecule has 1 aliphatic heterocycles. The minimum atomic E-state index is -4.41. The van der Waals surface area contributed by atoms with Gasteiger partial charge < -0.3 is 4.90 Å². The second-order valence-electron chi connectivity index (χ2n) is 8.02. The smallest absolute Gasteiger partial charge is 0.341 e. The van der Waals surface area contributed by atoms with Crippen molar-refractivity contribution in [1.29, 1.82) is 0 Å². The molecule has 8 heteroatoms. The van der Waals surface area contributed by atoms with E-state index in [4.69, 9.17) is 0 Å². The van der Waals surface area contributed by atoms with Crippen molar-refractivity contribution < 1.29 is 27.6 Å². The van der Waals surface area contributed by atoms with Crippen LogP contribution in [0, 0.1) is 0 Å². The summed E-state index contributed by atoms with van der Waals surface area (Å²) < 4.78 is 38.1. The van der Waals surface area contributed by atoms with Crippen LogP contribution in [0.5, 0.6) is 0 Å². The van der Waals surface area contributed by atoms with Gasteiger partial charge in [-0.1, -0.05) is 36.4 Å². The molecular weight excluding hydrogens is 433 g/mol. The standard InChI is InChI=1S/C25H21F3N2O3/c1-29(15-16-10-12-18(13-11-16)25(26,27)28)21(31)9-4-14-30-23(32)19-7-2-5-17-6-3-8-20(22(17)19)24(30)33/h2-3,5-8,10-13H,4,9,14-15H2,1H3. The summed E-state index contributed by atoms with van der Waals surface area (Å²) in [6, 6.07) is 15.3. The molecule has 0 fully saturated rings. The van der Waals surface area contributed by atoms with E-state index < -0.39 is 11.7 Å². The van der Waals surface area contributed by atoms with Crippen LogP contribution in [0.25, 0.3) is 10.8 Å². The van der Waals surface area contributed by atoms with Gasteiger partial charge in [0.2, 0.25) is 5.91 Å². The number of amides is 3. The van der Waals surface area contributed by atoms with Crippen LogP contribution >= 0.6 is 0 Å². The zero-order valence-electron chi connectivity index (χ0n) is 17.9. The molecule has 5 nitrogen and oxygen atoms in total. The Hall–Kier alpha value is -3.68. The van der Waals surface area contributed by atoms with Gasteiger partial charge in [0.05, 0.1) is 5.56 Å². The highest BCUT2D eigenvalue weighted by Crippen LogP contribution is 2.30. The molecule has 3 amide bonds. The minimum absolute atomic E-state index is 0.0973. The van der Waals surface area contributed by atoms with Crippen molar-refractivity contribution in [2.45, 2.75) is 25.6 Å². The van der Waals surface area contributed by atoms with Crippen molar-refractivity contribution in [3.05, 3.63) is 82.9 Å². The molecule has 0 spiro atoms. The van der Waals surface area contributed by atoms with Crippen LogP contribution < -0.4 is 0 Å². The number of halogens is 3. The van der Waals surface area contributed by atoms with Crippen LogP contribution in [0.3, 0.4) is 0 Å². The maximum atomic E-state index is 12.9. The molecular formula is C25H21F3N2O3. The molecule has 0 saturated heterocycles. The Labute approximate surface area is 188 Å². The first-order valence-electron chi connectivity index (χ1n) is 10.4. The molecule has 0 aromatic heterocycles. The van der Waals surface area contributed by atoms with Crippen LogP contribution in [-0.2, 0) is 17.5 Å². The van der Waals surface area contributed by atoms with Crippen LogP contribution in [-0.4, -0.2) is 41.1 Å². The quantitative estimate of drug-likeness (QED) is 0.498. The fourth-order valence-electron chi connectivity index (χ4n) is 4.02. The maximum absolute atomic E-state index is 12.9. The highest BCUT2D eigenvalue weighted by atomic mass is 19.4. The predicted octanol–water partition coefficient (Wildman–Crippen LogP) is 4.89. The maximum Gasteiger partial charge on any atom is 0.416 e. The Kier molecular flexibility index (Phi) is 5.93. The highest BCUT2D eigenvalue weighted by molar-refractivity contribution is 6.25. The number of alkyl halides is 3. The van der Waals surface area contributed by atoms with Gasteiger partial charge in [-0.3, -0.25) is 19.3 Å². The van der Waals surface area contributed by atoms with E-state index in [0.717, 1.165) is 17.5 Å². The second kappa shape index (κ2) is 8.69. The van der Waals surface area contributed by atoms with Crippen molar-refractivity contribution in [3.8, 4) is 0 Å². The van der Waals surface area contributed by atoms with E-state index in [9.17, 15) is 27.6 Å². The Morgan fingerprint density at radius 2 is 1.48 bits per heavy atom. The van der Waals surface area contributed by atoms with Crippen molar-refractivity contribution in [3.63, 3.8) is 0 Å². The summed E-state index contributed by atoms with van der Waals surface area (Å²) >= 11 is 0. The SMILES string of the molecule is CN(Cc1ccc(C(F)(F)F)cc1)C(=O)CCCN1C(=O)c2cccc3cccc(c23)C1=O. The Morgan fingerprint density at radius 3 is 2.03 bits per heavy atom. The van der Waals surface area contributed by atoms with E-state index in [1.54, 1.807) is 31.3 Å². The molecule has 0 aliphatic carbocycles. The Balaban J connectivity index is 1.36. The zero-order chi connectivity index (χ0) is 23.8. The molecule has 0 N–H and O–H groups in total. The number of nitrogens with zero attached hydrogens (tertiary/aromatic N) is 2. The summed E-state index contributed by atoms with van der Waals surface area (Å²) in [7, 11) is 1.56. The van der Waals surface area contributed by atoms with Crippen LogP contribution in [0.4, 0.5) is 13.2 Å². The van der Waals surface area contributed by atoms with Gasteiger partial charge in [0.25, 0.3) is 11.8 Å². The molecule has 0 bridgehead atoms. The summed E-state index contributed by atoms with van der Waals surface area (Å²) in [4.78, 5) is 40.9. The van der Waals surface area contributed by atoms with Gasteiger partial charge in [0.1, 0.15) is 0 Å². The minimum Gasteiger partial charge on any atom is -0.341 e. The summed E-state index contributed by atoms with van der Waals surface area (Å²) in [5.41, 5.74) is 0.764. The first-order chi connectivity index (χ1) is 15.7. The van der Waals surface area contributed by atoms with E-state index >= 15 is 0 Å². The van der Waals surface area contributed by atoms with Gasteiger partial charge in [-0.15, -0.1) is 0 Å². The van der Waals surface area contributed by atoms with Crippen molar-refractivity contribution >= 4 is 28.5 Å². The summed E-state index contributed by atoms with van der Waals surface area (Å²) in [6.45, 7) is 0.260. The number of carbonyl (C=O) groups is 3.